The Balaban J connectivity index is 2.98. The smallest absolute Gasteiger partial charge is 0.219 e. The molecule has 0 atom stereocenters. The minimum Gasteiger partial charge on any atom is -0.395 e. The molecule has 0 fully saturated rings. The maximum atomic E-state index is 12.4. The summed E-state index contributed by atoms with van der Waals surface area (Å²) in [5.74, 6) is 0. The Morgan fingerprint density at radius 2 is 1.72 bits per heavy atom. The van der Waals surface area contributed by atoms with Crippen LogP contribution >= 0.6 is 0 Å². The first-order valence-electron chi connectivity index (χ1n) is 5.93. The summed E-state index contributed by atoms with van der Waals surface area (Å²) < 4.78 is 25.2. The molecule has 0 saturated heterocycles. The van der Waals surface area contributed by atoms with E-state index in [0.717, 1.165) is 5.56 Å². The van der Waals surface area contributed by atoms with E-state index in [1.54, 1.807) is 20.8 Å². The van der Waals surface area contributed by atoms with Gasteiger partial charge in [0.15, 0.2) is 0 Å². The lowest BCUT2D eigenvalue weighted by molar-refractivity contribution is 0.248. The van der Waals surface area contributed by atoms with Crippen LogP contribution in [-0.4, -0.2) is 35.7 Å². The summed E-state index contributed by atoms with van der Waals surface area (Å²) in [4.78, 5) is 0. The van der Waals surface area contributed by atoms with Crippen LogP contribution in [-0.2, 0) is 16.6 Å². The van der Waals surface area contributed by atoms with Gasteiger partial charge in [0.2, 0.25) is 10.0 Å². The molecule has 1 aromatic rings. The van der Waals surface area contributed by atoms with Crippen molar-refractivity contribution in [2.45, 2.75) is 32.1 Å². The van der Waals surface area contributed by atoms with Crippen molar-refractivity contribution in [1.82, 2.24) is 4.31 Å². The molecule has 0 bridgehead atoms. The van der Waals surface area contributed by atoms with E-state index < -0.39 is 14.8 Å². The Bertz CT molecular complexity index is 463. The number of sulfonamides is 1. The molecule has 0 heterocycles. The third-order valence-electron chi connectivity index (χ3n) is 2.66. The molecule has 102 valence electrons. The second kappa shape index (κ2) is 5.82. The second-order valence-electron chi connectivity index (χ2n) is 5.16. The molecule has 0 saturated carbocycles. The SMILES string of the molecule is CC(C)(C)S(=O)(=O)N(CCO)Cc1ccccc1. The number of nitrogens with zero attached hydrogens (tertiary/aromatic N) is 1. The quantitative estimate of drug-likeness (QED) is 0.885. The third kappa shape index (κ3) is 3.54. The molecule has 4 nitrogen and oxygen atoms in total. The highest BCUT2D eigenvalue weighted by Crippen LogP contribution is 2.21. The van der Waals surface area contributed by atoms with Crippen LogP contribution in [0.5, 0.6) is 0 Å². The van der Waals surface area contributed by atoms with Crippen molar-refractivity contribution < 1.29 is 13.5 Å². The van der Waals surface area contributed by atoms with Crippen LogP contribution in [0.2, 0.25) is 0 Å². The number of hydrogen-bond donors (Lipinski definition) is 1. The lowest BCUT2D eigenvalue weighted by Gasteiger charge is -2.29. The van der Waals surface area contributed by atoms with E-state index in [2.05, 4.69) is 0 Å². The van der Waals surface area contributed by atoms with Gasteiger partial charge < -0.3 is 5.11 Å². The highest BCUT2D eigenvalue weighted by Gasteiger charge is 2.34. The van der Waals surface area contributed by atoms with E-state index in [-0.39, 0.29) is 13.2 Å². The zero-order valence-electron chi connectivity index (χ0n) is 11.1. The molecule has 0 spiro atoms. The monoisotopic (exact) mass is 271 g/mol. The summed E-state index contributed by atoms with van der Waals surface area (Å²) in [5, 5.41) is 9.04. The van der Waals surface area contributed by atoms with Crippen molar-refractivity contribution in [3.63, 3.8) is 0 Å². The molecule has 0 amide bonds. The molecule has 0 aliphatic rings. The van der Waals surface area contributed by atoms with E-state index in [9.17, 15) is 8.42 Å². The van der Waals surface area contributed by atoms with E-state index in [1.807, 2.05) is 30.3 Å². The maximum Gasteiger partial charge on any atom is 0.219 e. The molecule has 5 heteroatoms. The fourth-order valence-corrected chi connectivity index (χ4v) is 2.99. The van der Waals surface area contributed by atoms with Gasteiger partial charge in [-0.15, -0.1) is 0 Å². The molecule has 0 aliphatic heterocycles. The van der Waals surface area contributed by atoms with E-state index in [1.165, 1.54) is 4.31 Å². The molecule has 18 heavy (non-hydrogen) atoms. The number of aliphatic hydroxyl groups excluding tert-OH is 1. The summed E-state index contributed by atoms with van der Waals surface area (Å²) in [7, 11) is -3.43. The first kappa shape index (κ1) is 15.1. The summed E-state index contributed by atoms with van der Waals surface area (Å²) in [6, 6.07) is 9.38. The molecule has 0 radical (unpaired) electrons. The zero-order chi connectivity index (χ0) is 13.8. The normalized spacial score (nSPS) is 12.9. The van der Waals surface area contributed by atoms with Crippen LogP contribution in [0.4, 0.5) is 0 Å². The van der Waals surface area contributed by atoms with Gasteiger partial charge in [-0.3, -0.25) is 0 Å². The zero-order valence-corrected chi connectivity index (χ0v) is 11.9. The van der Waals surface area contributed by atoms with Gasteiger partial charge in [0.05, 0.1) is 11.4 Å². The van der Waals surface area contributed by atoms with E-state index >= 15 is 0 Å². The number of hydrogen-bond acceptors (Lipinski definition) is 3. The third-order valence-corrected chi connectivity index (χ3v) is 5.20. The minimum absolute atomic E-state index is 0.120. The summed E-state index contributed by atoms with van der Waals surface area (Å²) in [5.41, 5.74) is 0.916. The highest BCUT2D eigenvalue weighted by molar-refractivity contribution is 7.90. The van der Waals surface area contributed by atoms with Gasteiger partial charge in [0.1, 0.15) is 0 Å². The van der Waals surface area contributed by atoms with Crippen LogP contribution in [0.15, 0.2) is 30.3 Å². The fraction of sp³-hybridized carbons (Fsp3) is 0.538. The summed E-state index contributed by atoms with van der Waals surface area (Å²) in [6.45, 7) is 5.23. The molecule has 1 rings (SSSR count). The van der Waals surface area contributed by atoms with Crippen LogP contribution < -0.4 is 0 Å². The van der Waals surface area contributed by atoms with Crippen molar-refractivity contribution in [3.05, 3.63) is 35.9 Å². The first-order chi connectivity index (χ1) is 8.29. The Morgan fingerprint density at radius 1 is 1.17 bits per heavy atom. The van der Waals surface area contributed by atoms with Gasteiger partial charge in [-0.25, -0.2) is 8.42 Å². The molecule has 1 N–H and O–H groups in total. The molecule has 0 aliphatic carbocycles. The van der Waals surface area contributed by atoms with Crippen LogP contribution in [0, 0.1) is 0 Å². The Labute approximate surface area is 109 Å². The summed E-state index contributed by atoms with van der Waals surface area (Å²) >= 11 is 0. The van der Waals surface area contributed by atoms with E-state index in [4.69, 9.17) is 5.11 Å². The van der Waals surface area contributed by atoms with Gasteiger partial charge in [0, 0.05) is 13.1 Å². The standard InChI is InChI=1S/C13H21NO3S/c1-13(2,3)18(16,17)14(9-10-15)11-12-7-5-4-6-8-12/h4-8,15H,9-11H2,1-3H3. The lowest BCUT2D eigenvalue weighted by Crippen LogP contribution is -2.43. The van der Waals surface area contributed by atoms with Crippen molar-refractivity contribution in [1.29, 1.82) is 0 Å². The van der Waals surface area contributed by atoms with Gasteiger partial charge >= 0.3 is 0 Å². The predicted octanol–water partition coefficient (Wildman–Crippen LogP) is 1.61. The average molecular weight is 271 g/mol. The van der Waals surface area contributed by atoms with Crippen LogP contribution in [0.3, 0.4) is 0 Å². The largest absolute Gasteiger partial charge is 0.395 e. The molecular weight excluding hydrogens is 250 g/mol. The maximum absolute atomic E-state index is 12.4. The fourth-order valence-electron chi connectivity index (χ4n) is 1.57. The Morgan fingerprint density at radius 3 is 2.17 bits per heavy atom. The van der Waals surface area contributed by atoms with Crippen LogP contribution in [0.1, 0.15) is 26.3 Å². The number of aliphatic hydroxyl groups is 1. The number of rotatable bonds is 5. The Hall–Kier alpha value is -0.910. The van der Waals surface area contributed by atoms with Crippen molar-refractivity contribution in [3.8, 4) is 0 Å². The van der Waals surface area contributed by atoms with Gasteiger partial charge in [0.25, 0.3) is 0 Å². The number of benzene rings is 1. The predicted molar refractivity (Wildman–Crippen MR) is 72.6 cm³/mol. The second-order valence-corrected chi connectivity index (χ2v) is 7.85. The molecular formula is C13H21NO3S. The van der Waals surface area contributed by atoms with Crippen molar-refractivity contribution in [2.75, 3.05) is 13.2 Å². The first-order valence-corrected chi connectivity index (χ1v) is 7.37. The van der Waals surface area contributed by atoms with Gasteiger partial charge in [-0.2, -0.15) is 4.31 Å². The van der Waals surface area contributed by atoms with Gasteiger partial charge in [-0.05, 0) is 26.3 Å². The van der Waals surface area contributed by atoms with Gasteiger partial charge in [-0.1, -0.05) is 30.3 Å². The highest BCUT2D eigenvalue weighted by atomic mass is 32.2. The van der Waals surface area contributed by atoms with Crippen LogP contribution in [0.25, 0.3) is 0 Å². The van der Waals surface area contributed by atoms with Crippen molar-refractivity contribution >= 4 is 10.0 Å². The van der Waals surface area contributed by atoms with Crippen molar-refractivity contribution in [2.24, 2.45) is 0 Å². The van der Waals surface area contributed by atoms with E-state index in [0.29, 0.717) is 6.54 Å². The summed E-state index contributed by atoms with van der Waals surface area (Å²) in [6.07, 6.45) is 0. The topological polar surface area (TPSA) is 57.6 Å². The average Bonchev–Trinajstić information content (AvgIpc) is 2.28. The lowest BCUT2D eigenvalue weighted by atomic mass is 10.2. The molecule has 0 aromatic heterocycles. The molecule has 1 aromatic carbocycles. The molecule has 0 unspecified atom stereocenters. The Kier molecular flexibility index (Phi) is 4.90. The minimum atomic E-state index is -3.43.